The fraction of sp³-hybridized carbons (Fsp3) is 0.111. The van der Waals surface area contributed by atoms with Gasteiger partial charge in [0.2, 0.25) is 0 Å². The van der Waals surface area contributed by atoms with Crippen molar-refractivity contribution in [3.63, 3.8) is 0 Å². The van der Waals surface area contributed by atoms with Crippen LogP contribution >= 0.6 is 22.9 Å². The molecular formula is C9H8BClO2S. The van der Waals surface area contributed by atoms with Crippen LogP contribution in [-0.2, 0) is 0 Å². The van der Waals surface area contributed by atoms with Crippen molar-refractivity contribution in [3.8, 4) is 0 Å². The van der Waals surface area contributed by atoms with E-state index in [0.717, 1.165) is 15.6 Å². The van der Waals surface area contributed by atoms with Crippen LogP contribution in [0.5, 0.6) is 0 Å². The van der Waals surface area contributed by atoms with E-state index in [1.807, 2.05) is 12.3 Å². The van der Waals surface area contributed by atoms with Crippen molar-refractivity contribution in [3.05, 3.63) is 28.1 Å². The van der Waals surface area contributed by atoms with E-state index in [1.54, 1.807) is 23.5 Å². The van der Waals surface area contributed by atoms with Crippen molar-refractivity contribution < 1.29 is 10.0 Å². The molecule has 0 spiro atoms. The number of hydrogen-bond acceptors (Lipinski definition) is 3. The predicted molar refractivity (Wildman–Crippen MR) is 61.4 cm³/mol. The third kappa shape index (κ3) is 1.55. The van der Waals surface area contributed by atoms with Gasteiger partial charge in [-0.2, -0.15) is 0 Å². The first-order valence-corrected chi connectivity index (χ1v) is 5.38. The fourth-order valence-corrected chi connectivity index (χ4v) is 2.69. The van der Waals surface area contributed by atoms with Gasteiger partial charge in [0.25, 0.3) is 0 Å². The second-order valence-corrected chi connectivity index (χ2v) is 4.46. The molecule has 5 heteroatoms. The van der Waals surface area contributed by atoms with E-state index in [0.29, 0.717) is 10.5 Å². The van der Waals surface area contributed by atoms with E-state index < -0.39 is 7.12 Å². The highest BCUT2D eigenvalue weighted by Gasteiger charge is 2.14. The van der Waals surface area contributed by atoms with Crippen LogP contribution in [0.4, 0.5) is 0 Å². The van der Waals surface area contributed by atoms with Crippen LogP contribution in [0.3, 0.4) is 0 Å². The van der Waals surface area contributed by atoms with Crippen LogP contribution in [0.1, 0.15) is 5.56 Å². The maximum atomic E-state index is 9.05. The number of rotatable bonds is 1. The summed E-state index contributed by atoms with van der Waals surface area (Å²) in [6.45, 7) is 1.93. The summed E-state index contributed by atoms with van der Waals surface area (Å²) in [5.41, 5.74) is 1.50. The van der Waals surface area contributed by atoms with Gasteiger partial charge in [-0.05, 0) is 17.9 Å². The Morgan fingerprint density at radius 2 is 2.07 bits per heavy atom. The summed E-state index contributed by atoms with van der Waals surface area (Å²) in [5, 5.41) is 21.5. The molecule has 0 unspecified atom stereocenters. The molecule has 0 saturated carbocycles. The molecule has 14 heavy (non-hydrogen) atoms. The van der Waals surface area contributed by atoms with E-state index in [9.17, 15) is 0 Å². The van der Waals surface area contributed by atoms with E-state index in [-0.39, 0.29) is 0 Å². The van der Waals surface area contributed by atoms with Crippen LogP contribution in [0.25, 0.3) is 10.1 Å². The highest BCUT2D eigenvalue weighted by Crippen LogP contribution is 2.31. The summed E-state index contributed by atoms with van der Waals surface area (Å²) in [7, 11) is -1.44. The number of halogens is 1. The van der Waals surface area contributed by atoms with Crippen LogP contribution < -0.4 is 5.46 Å². The zero-order chi connectivity index (χ0) is 10.3. The van der Waals surface area contributed by atoms with Crippen LogP contribution in [0.2, 0.25) is 5.02 Å². The highest BCUT2D eigenvalue weighted by atomic mass is 35.5. The molecule has 2 rings (SSSR count). The Labute approximate surface area is 90.9 Å². The number of hydrogen-bond donors (Lipinski definition) is 2. The summed E-state index contributed by atoms with van der Waals surface area (Å²) in [6.07, 6.45) is 0. The van der Waals surface area contributed by atoms with Gasteiger partial charge in [-0.25, -0.2) is 0 Å². The molecule has 0 radical (unpaired) electrons. The molecule has 0 amide bonds. The summed E-state index contributed by atoms with van der Waals surface area (Å²) in [5.74, 6) is 0. The number of benzene rings is 1. The first-order chi connectivity index (χ1) is 6.59. The van der Waals surface area contributed by atoms with Gasteiger partial charge in [0, 0.05) is 15.5 Å². The normalized spacial score (nSPS) is 10.9. The first kappa shape index (κ1) is 9.99. The van der Waals surface area contributed by atoms with E-state index in [1.165, 1.54) is 0 Å². The summed E-state index contributed by atoms with van der Waals surface area (Å²) in [6, 6.07) is 3.48. The Bertz CT molecular complexity index is 481. The van der Waals surface area contributed by atoms with E-state index in [4.69, 9.17) is 21.6 Å². The molecule has 1 aromatic carbocycles. The lowest BCUT2D eigenvalue weighted by molar-refractivity contribution is 0.426. The minimum Gasteiger partial charge on any atom is -0.423 e. The van der Waals surface area contributed by atoms with Gasteiger partial charge in [0.1, 0.15) is 0 Å². The largest absolute Gasteiger partial charge is 0.488 e. The Kier molecular flexibility index (Phi) is 2.53. The molecule has 0 fully saturated rings. The molecule has 1 aromatic heterocycles. The van der Waals surface area contributed by atoms with Crippen LogP contribution in [0, 0.1) is 6.92 Å². The van der Waals surface area contributed by atoms with Crippen LogP contribution in [0.15, 0.2) is 17.5 Å². The zero-order valence-corrected chi connectivity index (χ0v) is 9.06. The summed E-state index contributed by atoms with van der Waals surface area (Å²) >= 11 is 7.53. The molecule has 0 aliphatic carbocycles. The second-order valence-electron chi connectivity index (χ2n) is 3.17. The SMILES string of the molecule is Cc1cc(B(O)O)cc2c(Cl)csc12. The molecule has 0 saturated heterocycles. The van der Waals surface area contributed by atoms with Crippen molar-refractivity contribution in [1.29, 1.82) is 0 Å². The van der Waals surface area contributed by atoms with Gasteiger partial charge < -0.3 is 10.0 Å². The van der Waals surface area contributed by atoms with Gasteiger partial charge in [-0.1, -0.05) is 23.7 Å². The average molecular weight is 226 g/mol. The quantitative estimate of drug-likeness (QED) is 0.724. The lowest BCUT2D eigenvalue weighted by Gasteiger charge is -2.02. The van der Waals surface area contributed by atoms with Gasteiger partial charge in [0.15, 0.2) is 0 Å². The first-order valence-electron chi connectivity index (χ1n) is 4.13. The third-order valence-electron chi connectivity index (χ3n) is 2.13. The molecule has 0 aliphatic rings. The molecule has 2 N–H and O–H groups in total. The topological polar surface area (TPSA) is 40.5 Å². The maximum absolute atomic E-state index is 9.05. The van der Waals surface area contributed by atoms with Gasteiger partial charge in [-0.15, -0.1) is 11.3 Å². The van der Waals surface area contributed by atoms with Gasteiger partial charge in [0.05, 0.1) is 5.02 Å². The zero-order valence-electron chi connectivity index (χ0n) is 7.49. The van der Waals surface area contributed by atoms with Crippen molar-refractivity contribution in [1.82, 2.24) is 0 Å². The lowest BCUT2D eigenvalue weighted by Crippen LogP contribution is -2.29. The summed E-state index contributed by atoms with van der Waals surface area (Å²) < 4.78 is 1.10. The van der Waals surface area contributed by atoms with Gasteiger partial charge in [-0.3, -0.25) is 0 Å². The van der Waals surface area contributed by atoms with Crippen molar-refractivity contribution in [2.75, 3.05) is 0 Å². The van der Waals surface area contributed by atoms with Gasteiger partial charge >= 0.3 is 7.12 Å². The number of thiophene rings is 1. The summed E-state index contributed by atoms with van der Waals surface area (Å²) in [4.78, 5) is 0. The Morgan fingerprint density at radius 1 is 1.36 bits per heavy atom. The number of aryl methyl sites for hydroxylation is 1. The standard InChI is InChI=1S/C9H8BClO2S/c1-5-2-6(10(12)13)3-7-8(11)4-14-9(5)7/h2-4,12-13H,1H3. The number of fused-ring (bicyclic) bond motifs is 1. The smallest absolute Gasteiger partial charge is 0.423 e. The van der Waals surface area contributed by atoms with Crippen molar-refractivity contribution >= 4 is 45.6 Å². The van der Waals surface area contributed by atoms with Crippen LogP contribution in [-0.4, -0.2) is 17.2 Å². The van der Waals surface area contributed by atoms with Crippen molar-refractivity contribution in [2.24, 2.45) is 0 Å². The van der Waals surface area contributed by atoms with E-state index >= 15 is 0 Å². The molecule has 2 aromatic rings. The predicted octanol–water partition coefficient (Wildman–Crippen LogP) is 1.54. The second kappa shape index (κ2) is 3.55. The third-order valence-corrected chi connectivity index (χ3v) is 3.71. The Hall–Kier alpha value is -0.545. The molecule has 0 aliphatic heterocycles. The Morgan fingerprint density at radius 3 is 2.71 bits per heavy atom. The lowest BCUT2D eigenvalue weighted by atomic mass is 9.79. The minimum absolute atomic E-state index is 0.482. The monoisotopic (exact) mass is 226 g/mol. The fourth-order valence-electron chi connectivity index (χ4n) is 1.46. The highest BCUT2D eigenvalue weighted by molar-refractivity contribution is 7.18. The maximum Gasteiger partial charge on any atom is 0.488 e. The molecule has 2 nitrogen and oxygen atoms in total. The molecule has 72 valence electrons. The molecule has 1 heterocycles. The molecule has 0 bridgehead atoms. The molecular weight excluding hydrogens is 218 g/mol. The van der Waals surface area contributed by atoms with Crippen molar-refractivity contribution in [2.45, 2.75) is 6.92 Å². The Balaban J connectivity index is 2.75. The van der Waals surface area contributed by atoms with E-state index in [2.05, 4.69) is 0 Å². The minimum atomic E-state index is -1.44. The average Bonchev–Trinajstić information content (AvgIpc) is 2.48. The molecule has 0 atom stereocenters.